The van der Waals surface area contributed by atoms with Gasteiger partial charge in [-0.05, 0) is 32.8 Å². The molecule has 1 aliphatic rings. The Morgan fingerprint density at radius 2 is 2.00 bits per heavy atom. The number of amides is 1. The Balaban J connectivity index is 2.00. The molecular weight excluding hydrogens is 278 g/mol. The normalized spacial score (nSPS) is 15.8. The molecule has 0 radical (unpaired) electrons. The van der Waals surface area contributed by atoms with Gasteiger partial charge in [-0.1, -0.05) is 17.7 Å². The minimum absolute atomic E-state index is 0.287. The standard InChI is InChI=1S/C14H18ClN3O2/c1-14(2,3)20-13(19)18-6-4-10(5-7-18)12-16-8-11(15)9-17-12/h4,8-9H,5-7H2,1-3H3. The van der Waals surface area contributed by atoms with Crippen molar-refractivity contribution in [3.8, 4) is 0 Å². The summed E-state index contributed by atoms with van der Waals surface area (Å²) in [5.41, 5.74) is 0.557. The zero-order valence-corrected chi connectivity index (χ0v) is 12.6. The second-order valence-electron chi connectivity index (χ2n) is 5.63. The average molecular weight is 296 g/mol. The summed E-state index contributed by atoms with van der Waals surface area (Å²) in [5.74, 6) is 0.665. The highest BCUT2D eigenvalue weighted by Crippen LogP contribution is 2.21. The van der Waals surface area contributed by atoms with Crippen molar-refractivity contribution in [3.05, 3.63) is 29.3 Å². The Hall–Kier alpha value is -1.62. The fraction of sp³-hybridized carbons (Fsp3) is 0.500. The van der Waals surface area contributed by atoms with E-state index >= 15 is 0 Å². The predicted octanol–water partition coefficient (Wildman–Crippen LogP) is 3.15. The maximum absolute atomic E-state index is 11.9. The minimum atomic E-state index is -0.472. The van der Waals surface area contributed by atoms with E-state index in [0.29, 0.717) is 30.4 Å². The lowest BCUT2D eigenvalue weighted by Crippen LogP contribution is -2.39. The Morgan fingerprint density at radius 1 is 1.35 bits per heavy atom. The highest BCUT2D eigenvalue weighted by atomic mass is 35.5. The van der Waals surface area contributed by atoms with Crippen LogP contribution >= 0.6 is 11.6 Å². The lowest BCUT2D eigenvalue weighted by atomic mass is 10.1. The number of halogens is 1. The van der Waals surface area contributed by atoms with Crippen LogP contribution in [0.2, 0.25) is 5.02 Å². The highest BCUT2D eigenvalue weighted by molar-refractivity contribution is 6.30. The van der Waals surface area contributed by atoms with Gasteiger partial charge in [0.25, 0.3) is 0 Å². The van der Waals surface area contributed by atoms with Gasteiger partial charge in [0.1, 0.15) is 5.60 Å². The number of hydrogen-bond acceptors (Lipinski definition) is 4. The van der Waals surface area contributed by atoms with Crippen molar-refractivity contribution >= 4 is 23.3 Å². The third kappa shape index (κ3) is 3.93. The smallest absolute Gasteiger partial charge is 0.410 e. The van der Waals surface area contributed by atoms with E-state index in [2.05, 4.69) is 9.97 Å². The fourth-order valence-corrected chi connectivity index (χ4v) is 1.94. The first-order valence-electron chi connectivity index (χ1n) is 6.50. The molecule has 2 rings (SSSR count). The van der Waals surface area contributed by atoms with Crippen molar-refractivity contribution in [3.63, 3.8) is 0 Å². The molecule has 0 saturated carbocycles. The SMILES string of the molecule is CC(C)(C)OC(=O)N1CC=C(c2ncc(Cl)cn2)CC1. The van der Waals surface area contributed by atoms with Crippen LogP contribution in [-0.4, -0.2) is 39.7 Å². The lowest BCUT2D eigenvalue weighted by molar-refractivity contribution is 0.0270. The third-order valence-corrected chi connectivity index (χ3v) is 2.96. The molecule has 0 aromatic carbocycles. The molecule has 2 heterocycles. The number of rotatable bonds is 1. The molecule has 0 aliphatic carbocycles. The number of nitrogens with zero attached hydrogens (tertiary/aromatic N) is 3. The van der Waals surface area contributed by atoms with Crippen LogP contribution in [0.4, 0.5) is 4.79 Å². The number of ether oxygens (including phenoxy) is 1. The molecule has 1 aliphatic heterocycles. The summed E-state index contributed by atoms with van der Waals surface area (Å²) < 4.78 is 5.34. The van der Waals surface area contributed by atoms with E-state index in [1.54, 1.807) is 17.3 Å². The van der Waals surface area contributed by atoms with Crippen LogP contribution in [0.5, 0.6) is 0 Å². The molecule has 0 N–H and O–H groups in total. The summed E-state index contributed by atoms with van der Waals surface area (Å²) in [6, 6.07) is 0. The van der Waals surface area contributed by atoms with E-state index in [1.165, 1.54) is 0 Å². The molecule has 6 heteroatoms. The zero-order valence-electron chi connectivity index (χ0n) is 11.9. The predicted molar refractivity (Wildman–Crippen MR) is 77.4 cm³/mol. The summed E-state index contributed by atoms with van der Waals surface area (Å²) in [5, 5.41) is 0.514. The van der Waals surface area contributed by atoms with Crippen molar-refractivity contribution in [1.29, 1.82) is 0 Å². The molecule has 0 unspecified atom stereocenters. The maximum atomic E-state index is 11.9. The van der Waals surface area contributed by atoms with Gasteiger partial charge in [-0.2, -0.15) is 0 Å². The Labute approximate surface area is 123 Å². The van der Waals surface area contributed by atoms with E-state index < -0.39 is 5.60 Å². The highest BCUT2D eigenvalue weighted by Gasteiger charge is 2.24. The molecule has 20 heavy (non-hydrogen) atoms. The van der Waals surface area contributed by atoms with Gasteiger partial charge >= 0.3 is 6.09 Å². The molecular formula is C14H18ClN3O2. The Morgan fingerprint density at radius 3 is 2.50 bits per heavy atom. The van der Waals surface area contributed by atoms with E-state index in [1.807, 2.05) is 26.8 Å². The van der Waals surface area contributed by atoms with Crippen LogP contribution < -0.4 is 0 Å². The van der Waals surface area contributed by atoms with E-state index in [9.17, 15) is 4.79 Å². The molecule has 0 fully saturated rings. The van der Waals surface area contributed by atoms with Gasteiger partial charge < -0.3 is 9.64 Å². The van der Waals surface area contributed by atoms with Crippen molar-refractivity contribution in [2.45, 2.75) is 32.8 Å². The number of carbonyl (C=O) groups is 1. The van der Waals surface area contributed by atoms with Gasteiger partial charge in [0, 0.05) is 25.5 Å². The number of carbonyl (C=O) groups excluding carboxylic acids is 1. The summed E-state index contributed by atoms with van der Waals surface area (Å²) in [6.45, 7) is 6.69. The molecule has 0 bridgehead atoms. The first-order chi connectivity index (χ1) is 9.35. The van der Waals surface area contributed by atoms with Crippen molar-refractivity contribution in [2.75, 3.05) is 13.1 Å². The van der Waals surface area contributed by atoms with E-state index in [4.69, 9.17) is 16.3 Å². The largest absolute Gasteiger partial charge is 0.444 e. The van der Waals surface area contributed by atoms with Gasteiger partial charge in [0.15, 0.2) is 5.82 Å². The molecule has 1 aromatic heterocycles. The van der Waals surface area contributed by atoms with Crippen LogP contribution in [-0.2, 0) is 4.74 Å². The summed E-state index contributed by atoms with van der Waals surface area (Å²) in [6.07, 6.45) is 5.53. The first kappa shape index (κ1) is 14.8. The van der Waals surface area contributed by atoms with Crippen LogP contribution in [0, 0.1) is 0 Å². The topological polar surface area (TPSA) is 55.3 Å². The summed E-state index contributed by atoms with van der Waals surface area (Å²) in [7, 11) is 0. The molecule has 0 atom stereocenters. The summed E-state index contributed by atoms with van der Waals surface area (Å²) in [4.78, 5) is 22.0. The fourth-order valence-electron chi connectivity index (χ4n) is 1.84. The number of hydrogen-bond donors (Lipinski definition) is 0. The lowest BCUT2D eigenvalue weighted by Gasteiger charge is -2.29. The van der Waals surface area contributed by atoms with E-state index in [-0.39, 0.29) is 6.09 Å². The van der Waals surface area contributed by atoms with Crippen molar-refractivity contribution < 1.29 is 9.53 Å². The molecule has 0 saturated heterocycles. The molecule has 1 aromatic rings. The second kappa shape index (κ2) is 5.79. The molecule has 108 valence electrons. The quantitative estimate of drug-likeness (QED) is 0.798. The molecule has 1 amide bonds. The van der Waals surface area contributed by atoms with Gasteiger partial charge in [0.05, 0.1) is 5.02 Å². The van der Waals surface area contributed by atoms with Crippen LogP contribution in [0.1, 0.15) is 33.0 Å². The average Bonchev–Trinajstić information content (AvgIpc) is 2.38. The summed E-state index contributed by atoms with van der Waals surface area (Å²) >= 11 is 5.76. The Kier molecular flexibility index (Phi) is 4.28. The second-order valence-corrected chi connectivity index (χ2v) is 6.07. The minimum Gasteiger partial charge on any atom is -0.444 e. The van der Waals surface area contributed by atoms with E-state index in [0.717, 1.165) is 5.57 Å². The van der Waals surface area contributed by atoms with Crippen LogP contribution in [0.25, 0.3) is 5.57 Å². The first-order valence-corrected chi connectivity index (χ1v) is 6.88. The van der Waals surface area contributed by atoms with Crippen LogP contribution in [0.3, 0.4) is 0 Å². The monoisotopic (exact) mass is 295 g/mol. The van der Waals surface area contributed by atoms with Crippen molar-refractivity contribution in [1.82, 2.24) is 14.9 Å². The molecule has 5 nitrogen and oxygen atoms in total. The molecule has 0 spiro atoms. The zero-order chi connectivity index (χ0) is 14.8. The number of aromatic nitrogens is 2. The Bertz CT molecular complexity index is 520. The van der Waals surface area contributed by atoms with Gasteiger partial charge in [-0.3, -0.25) is 0 Å². The van der Waals surface area contributed by atoms with Gasteiger partial charge in [-0.15, -0.1) is 0 Å². The van der Waals surface area contributed by atoms with Crippen molar-refractivity contribution in [2.24, 2.45) is 0 Å². The van der Waals surface area contributed by atoms with Crippen LogP contribution in [0.15, 0.2) is 18.5 Å². The van der Waals surface area contributed by atoms with Gasteiger partial charge in [0.2, 0.25) is 0 Å². The van der Waals surface area contributed by atoms with Gasteiger partial charge in [-0.25, -0.2) is 14.8 Å². The maximum Gasteiger partial charge on any atom is 0.410 e. The third-order valence-electron chi connectivity index (χ3n) is 2.77.